The van der Waals surface area contributed by atoms with Gasteiger partial charge in [0.15, 0.2) is 0 Å². The molecule has 1 heterocycles. The number of hydrogen-bond donors (Lipinski definition) is 2. The van der Waals surface area contributed by atoms with Crippen LogP contribution in [0, 0.1) is 16.7 Å². The number of carbonyl (C=O) groups is 2. The highest BCUT2D eigenvalue weighted by Gasteiger charge is 2.56. The van der Waals surface area contributed by atoms with Gasteiger partial charge in [0.25, 0.3) is 0 Å². The zero-order chi connectivity index (χ0) is 16.5. The molecule has 3 rings (SSSR count). The number of rotatable bonds is 7. The summed E-state index contributed by atoms with van der Waals surface area (Å²) in [5.74, 6) is -0.607. The number of amides is 2. The maximum Gasteiger partial charge on any atom is 0.317 e. The molecule has 6 heteroatoms. The van der Waals surface area contributed by atoms with Crippen molar-refractivity contribution in [2.24, 2.45) is 16.7 Å². The third kappa shape index (κ3) is 3.18. The molecule has 3 fully saturated rings. The van der Waals surface area contributed by atoms with E-state index in [9.17, 15) is 14.7 Å². The van der Waals surface area contributed by atoms with Gasteiger partial charge in [-0.25, -0.2) is 4.79 Å². The number of carboxylic acid groups (broad SMARTS) is 1. The van der Waals surface area contributed by atoms with Gasteiger partial charge in [0.1, 0.15) is 0 Å². The molecule has 130 valence electrons. The van der Waals surface area contributed by atoms with E-state index < -0.39 is 11.4 Å². The standard InChI is InChI=1S/C17H28N2O4/c1-2-23-9-8-16(6-7-16)11-18-15(22)19-10-13-4-3-5-17(13,12-19)14(20)21/h13H,2-12H2,1H3,(H,18,22)(H,20,21)/t13-,17+/m0/s1. The van der Waals surface area contributed by atoms with Crippen molar-refractivity contribution in [3.05, 3.63) is 0 Å². The smallest absolute Gasteiger partial charge is 0.317 e. The van der Waals surface area contributed by atoms with Crippen LogP contribution in [-0.2, 0) is 9.53 Å². The number of aliphatic carboxylic acids is 1. The van der Waals surface area contributed by atoms with Gasteiger partial charge in [-0.2, -0.15) is 0 Å². The molecule has 0 radical (unpaired) electrons. The van der Waals surface area contributed by atoms with Crippen molar-refractivity contribution in [3.63, 3.8) is 0 Å². The molecule has 6 nitrogen and oxygen atoms in total. The SMILES string of the molecule is CCOCCC1(CNC(=O)N2C[C@@H]3CCC[C@@]3(C(=O)O)C2)CC1. The average molecular weight is 324 g/mol. The summed E-state index contributed by atoms with van der Waals surface area (Å²) in [4.78, 5) is 25.8. The zero-order valence-corrected chi connectivity index (χ0v) is 14.0. The second kappa shape index (κ2) is 6.30. The van der Waals surface area contributed by atoms with Crippen molar-refractivity contribution in [2.75, 3.05) is 32.8 Å². The van der Waals surface area contributed by atoms with Crippen molar-refractivity contribution in [3.8, 4) is 0 Å². The number of hydrogen-bond acceptors (Lipinski definition) is 3. The van der Waals surface area contributed by atoms with Crippen LogP contribution in [0.4, 0.5) is 4.79 Å². The van der Waals surface area contributed by atoms with Crippen molar-refractivity contribution in [1.82, 2.24) is 10.2 Å². The molecule has 0 bridgehead atoms. The lowest BCUT2D eigenvalue weighted by Crippen LogP contribution is -2.43. The molecule has 23 heavy (non-hydrogen) atoms. The molecular weight excluding hydrogens is 296 g/mol. The van der Waals surface area contributed by atoms with Crippen LogP contribution < -0.4 is 5.32 Å². The number of ether oxygens (including phenoxy) is 1. The van der Waals surface area contributed by atoms with E-state index in [2.05, 4.69) is 5.32 Å². The van der Waals surface area contributed by atoms with E-state index in [1.807, 2.05) is 6.92 Å². The Morgan fingerprint density at radius 2 is 2.13 bits per heavy atom. The quantitative estimate of drug-likeness (QED) is 0.703. The molecule has 0 aromatic carbocycles. The number of carboxylic acids is 1. The lowest BCUT2D eigenvalue weighted by atomic mass is 9.81. The lowest BCUT2D eigenvalue weighted by Gasteiger charge is -2.24. The predicted molar refractivity (Wildman–Crippen MR) is 85.2 cm³/mol. The van der Waals surface area contributed by atoms with Crippen molar-refractivity contribution >= 4 is 12.0 Å². The molecule has 2 amide bonds. The molecule has 0 aromatic heterocycles. The van der Waals surface area contributed by atoms with Gasteiger partial charge in [-0.1, -0.05) is 6.42 Å². The number of urea groups is 1. The first-order valence-electron chi connectivity index (χ1n) is 8.85. The van der Waals surface area contributed by atoms with E-state index in [1.54, 1.807) is 4.90 Å². The van der Waals surface area contributed by atoms with Crippen LogP contribution in [0.5, 0.6) is 0 Å². The number of fused-ring (bicyclic) bond motifs is 1. The Morgan fingerprint density at radius 3 is 2.74 bits per heavy atom. The van der Waals surface area contributed by atoms with Crippen LogP contribution in [0.2, 0.25) is 0 Å². The minimum atomic E-state index is -0.731. The number of nitrogens with one attached hydrogen (secondary N) is 1. The first-order valence-corrected chi connectivity index (χ1v) is 8.85. The third-order valence-electron chi connectivity index (χ3n) is 6.14. The van der Waals surface area contributed by atoms with Gasteiger partial charge in [0, 0.05) is 32.8 Å². The number of nitrogens with zero attached hydrogens (tertiary/aromatic N) is 1. The molecule has 0 spiro atoms. The molecule has 0 aromatic rings. The first-order chi connectivity index (χ1) is 11.0. The summed E-state index contributed by atoms with van der Waals surface area (Å²) in [5, 5.41) is 12.6. The van der Waals surface area contributed by atoms with E-state index in [0.717, 1.165) is 45.3 Å². The fourth-order valence-electron chi connectivity index (χ4n) is 4.29. The predicted octanol–water partition coefficient (Wildman–Crippen LogP) is 2.09. The summed E-state index contributed by atoms with van der Waals surface area (Å²) in [6, 6.07) is -0.0947. The topological polar surface area (TPSA) is 78.9 Å². The third-order valence-corrected chi connectivity index (χ3v) is 6.14. The van der Waals surface area contributed by atoms with Crippen molar-refractivity contribution in [2.45, 2.75) is 45.4 Å². The minimum Gasteiger partial charge on any atom is -0.481 e. The summed E-state index contributed by atoms with van der Waals surface area (Å²) < 4.78 is 5.42. The second-order valence-electron chi connectivity index (χ2n) is 7.54. The van der Waals surface area contributed by atoms with Gasteiger partial charge in [0.2, 0.25) is 0 Å². The highest BCUT2D eigenvalue weighted by atomic mass is 16.5. The Morgan fingerprint density at radius 1 is 1.35 bits per heavy atom. The van der Waals surface area contributed by atoms with Crippen LogP contribution >= 0.6 is 0 Å². The number of carbonyl (C=O) groups excluding carboxylic acids is 1. The van der Waals surface area contributed by atoms with Crippen molar-refractivity contribution in [1.29, 1.82) is 0 Å². The normalized spacial score (nSPS) is 31.0. The Hall–Kier alpha value is -1.30. The van der Waals surface area contributed by atoms with E-state index in [-0.39, 0.29) is 17.4 Å². The largest absolute Gasteiger partial charge is 0.481 e. The van der Waals surface area contributed by atoms with Gasteiger partial charge in [-0.15, -0.1) is 0 Å². The zero-order valence-electron chi connectivity index (χ0n) is 14.0. The summed E-state index contributed by atoms with van der Waals surface area (Å²) in [5.41, 5.74) is -0.478. The molecular formula is C17H28N2O4. The van der Waals surface area contributed by atoms with E-state index in [0.29, 0.717) is 26.1 Å². The summed E-state index contributed by atoms with van der Waals surface area (Å²) in [6.45, 7) is 5.11. The van der Waals surface area contributed by atoms with Crippen LogP contribution in [0.3, 0.4) is 0 Å². The highest BCUT2D eigenvalue weighted by molar-refractivity contribution is 5.80. The molecule has 1 aliphatic heterocycles. The molecule has 2 atom stereocenters. The summed E-state index contributed by atoms with van der Waals surface area (Å²) in [7, 11) is 0. The Bertz CT molecular complexity index is 477. The van der Waals surface area contributed by atoms with Gasteiger partial charge >= 0.3 is 12.0 Å². The fourth-order valence-corrected chi connectivity index (χ4v) is 4.29. The molecule has 3 aliphatic rings. The molecule has 2 saturated carbocycles. The van der Waals surface area contributed by atoms with Crippen LogP contribution in [0.15, 0.2) is 0 Å². The van der Waals surface area contributed by atoms with Crippen LogP contribution in [0.25, 0.3) is 0 Å². The molecule has 0 unspecified atom stereocenters. The van der Waals surface area contributed by atoms with E-state index >= 15 is 0 Å². The van der Waals surface area contributed by atoms with Crippen LogP contribution in [-0.4, -0.2) is 54.9 Å². The fraction of sp³-hybridized carbons (Fsp3) is 0.882. The van der Waals surface area contributed by atoms with Gasteiger partial charge in [0.05, 0.1) is 5.41 Å². The summed E-state index contributed by atoms with van der Waals surface area (Å²) >= 11 is 0. The lowest BCUT2D eigenvalue weighted by molar-refractivity contribution is -0.149. The maximum atomic E-state index is 12.4. The van der Waals surface area contributed by atoms with Gasteiger partial charge in [-0.05, 0) is 50.4 Å². The maximum absolute atomic E-state index is 12.4. The van der Waals surface area contributed by atoms with E-state index in [1.165, 1.54) is 0 Å². The molecule has 2 N–H and O–H groups in total. The first kappa shape index (κ1) is 16.6. The van der Waals surface area contributed by atoms with Gasteiger partial charge < -0.3 is 20.1 Å². The van der Waals surface area contributed by atoms with Crippen LogP contribution in [0.1, 0.15) is 45.4 Å². The van der Waals surface area contributed by atoms with E-state index in [4.69, 9.17) is 4.74 Å². The Kier molecular flexibility index (Phi) is 4.54. The van der Waals surface area contributed by atoms with Gasteiger partial charge in [-0.3, -0.25) is 4.79 Å². The number of likely N-dealkylation sites (tertiary alicyclic amines) is 1. The Balaban J connectivity index is 1.49. The molecule has 2 aliphatic carbocycles. The monoisotopic (exact) mass is 324 g/mol. The average Bonchev–Trinajstić information content (AvgIpc) is 3.00. The molecule has 1 saturated heterocycles. The summed E-state index contributed by atoms with van der Waals surface area (Å²) in [6.07, 6.45) is 5.86. The minimum absolute atomic E-state index is 0.0947. The van der Waals surface area contributed by atoms with Crippen molar-refractivity contribution < 1.29 is 19.4 Å². The Labute approximate surface area is 137 Å². The second-order valence-corrected chi connectivity index (χ2v) is 7.54. The highest BCUT2D eigenvalue weighted by Crippen LogP contribution is 2.50.